The van der Waals surface area contributed by atoms with Crippen molar-refractivity contribution >= 4 is 17.4 Å². The van der Waals surface area contributed by atoms with Gasteiger partial charge in [0.25, 0.3) is 5.91 Å². The van der Waals surface area contributed by atoms with Crippen LogP contribution in [0.1, 0.15) is 54.0 Å². The van der Waals surface area contributed by atoms with Gasteiger partial charge < -0.3 is 5.73 Å². The third-order valence-corrected chi connectivity index (χ3v) is 4.17. The molecule has 0 atom stereocenters. The maximum atomic E-state index is 12.7. The highest BCUT2D eigenvalue weighted by molar-refractivity contribution is 6.02. The van der Waals surface area contributed by atoms with Gasteiger partial charge in [0, 0.05) is 0 Å². The lowest BCUT2D eigenvalue weighted by Gasteiger charge is -2.06. The fourth-order valence-corrected chi connectivity index (χ4v) is 2.71. The van der Waals surface area contributed by atoms with Gasteiger partial charge in [-0.2, -0.15) is 9.78 Å². The third kappa shape index (κ3) is 3.90. The average Bonchev–Trinajstić information content (AvgIpc) is 3.29. The van der Waals surface area contributed by atoms with E-state index in [9.17, 15) is 4.79 Å². The average molecular weight is 382 g/mol. The van der Waals surface area contributed by atoms with Crippen molar-refractivity contribution in [3.63, 3.8) is 0 Å². The van der Waals surface area contributed by atoms with Crippen molar-refractivity contribution in [2.24, 2.45) is 5.10 Å². The molecule has 0 aliphatic heterocycles. The number of aryl methyl sites for hydroxylation is 1. The summed E-state index contributed by atoms with van der Waals surface area (Å²) in [6.45, 7) is 5.97. The summed E-state index contributed by atoms with van der Waals surface area (Å²) in [4.78, 5) is 12.7. The zero-order chi connectivity index (χ0) is 20.1. The predicted octanol–water partition coefficient (Wildman–Crippen LogP) is 2.04. The monoisotopic (exact) mass is 382 g/mol. The first-order valence-corrected chi connectivity index (χ1v) is 9.02. The Bertz CT molecular complexity index is 987. The Morgan fingerprint density at radius 3 is 2.61 bits per heavy atom. The number of nitrogen functional groups attached to an aromatic ring is 1. The largest absolute Gasteiger partial charge is 0.378 e. The van der Waals surface area contributed by atoms with Gasteiger partial charge in [-0.25, -0.2) is 10.1 Å². The SMILES string of the molecule is CCCc1c(C(=O)N/N=C(/CC)c2ccc(C)cc2)nnn1-c1nonc1N. The Labute approximate surface area is 161 Å². The number of amides is 1. The van der Waals surface area contributed by atoms with Gasteiger partial charge >= 0.3 is 0 Å². The highest BCUT2D eigenvalue weighted by Crippen LogP contribution is 2.17. The Balaban J connectivity index is 1.87. The maximum Gasteiger partial charge on any atom is 0.293 e. The molecule has 1 amide bonds. The van der Waals surface area contributed by atoms with Crippen molar-refractivity contribution in [1.29, 1.82) is 0 Å². The number of nitrogens with two attached hydrogens (primary N) is 1. The number of carbonyl (C=O) groups is 1. The van der Waals surface area contributed by atoms with Gasteiger partial charge in [-0.15, -0.1) is 5.10 Å². The van der Waals surface area contributed by atoms with Crippen LogP contribution in [-0.2, 0) is 6.42 Å². The van der Waals surface area contributed by atoms with Gasteiger partial charge in [-0.05, 0) is 35.6 Å². The summed E-state index contributed by atoms with van der Waals surface area (Å²) in [6, 6.07) is 7.96. The van der Waals surface area contributed by atoms with Crippen LogP contribution in [-0.4, -0.2) is 36.9 Å². The van der Waals surface area contributed by atoms with Crippen molar-refractivity contribution in [2.75, 3.05) is 5.73 Å². The van der Waals surface area contributed by atoms with E-state index in [-0.39, 0.29) is 17.3 Å². The molecule has 2 heterocycles. The Morgan fingerprint density at radius 2 is 2.00 bits per heavy atom. The Hall–Kier alpha value is -3.56. The minimum atomic E-state index is -0.456. The molecule has 3 aromatic rings. The van der Waals surface area contributed by atoms with Crippen LogP contribution in [0.25, 0.3) is 5.82 Å². The molecule has 0 aliphatic rings. The molecule has 0 radical (unpaired) electrons. The first-order chi connectivity index (χ1) is 13.5. The molecule has 0 spiro atoms. The zero-order valence-corrected chi connectivity index (χ0v) is 16.0. The summed E-state index contributed by atoms with van der Waals surface area (Å²) in [5, 5.41) is 19.5. The molecule has 146 valence electrons. The molecule has 0 unspecified atom stereocenters. The second kappa shape index (κ2) is 8.42. The van der Waals surface area contributed by atoms with E-state index in [0.717, 1.165) is 23.3 Å². The number of benzene rings is 1. The molecule has 1 aromatic carbocycles. The lowest BCUT2D eigenvalue weighted by Crippen LogP contribution is -2.22. The topological polar surface area (TPSA) is 137 Å². The summed E-state index contributed by atoms with van der Waals surface area (Å²) in [5.41, 5.74) is 11.9. The summed E-state index contributed by atoms with van der Waals surface area (Å²) in [6.07, 6.45) is 1.98. The van der Waals surface area contributed by atoms with Crippen molar-refractivity contribution < 1.29 is 9.42 Å². The molecule has 10 nitrogen and oxygen atoms in total. The van der Waals surface area contributed by atoms with Crippen LogP contribution in [0.2, 0.25) is 0 Å². The van der Waals surface area contributed by atoms with Crippen LogP contribution in [0.4, 0.5) is 5.82 Å². The third-order valence-electron chi connectivity index (χ3n) is 4.17. The molecule has 0 aliphatic carbocycles. The van der Waals surface area contributed by atoms with Gasteiger partial charge in [-0.1, -0.05) is 55.3 Å². The lowest BCUT2D eigenvalue weighted by molar-refractivity contribution is 0.0948. The molecule has 3 rings (SSSR count). The van der Waals surface area contributed by atoms with Crippen LogP contribution < -0.4 is 11.2 Å². The summed E-state index contributed by atoms with van der Waals surface area (Å²) in [7, 11) is 0. The number of nitrogens with one attached hydrogen (secondary N) is 1. The highest BCUT2D eigenvalue weighted by Gasteiger charge is 2.23. The molecule has 0 saturated carbocycles. The number of nitrogens with zero attached hydrogens (tertiary/aromatic N) is 6. The number of hydrogen-bond acceptors (Lipinski definition) is 8. The molecule has 10 heteroatoms. The van der Waals surface area contributed by atoms with Crippen molar-refractivity contribution in [1.82, 2.24) is 30.7 Å². The summed E-state index contributed by atoms with van der Waals surface area (Å²) in [5.74, 6) is -0.185. The highest BCUT2D eigenvalue weighted by atomic mass is 16.6. The number of rotatable bonds is 7. The van der Waals surface area contributed by atoms with E-state index in [1.807, 2.05) is 45.0 Å². The number of anilines is 1. The first-order valence-electron chi connectivity index (χ1n) is 9.02. The number of hydrazone groups is 1. The number of carbonyl (C=O) groups excluding carboxylic acids is 1. The molecular formula is C18H22N8O2. The maximum absolute atomic E-state index is 12.7. The van der Waals surface area contributed by atoms with E-state index in [0.29, 0.717) is 18.5 Å². The lowest BCUT2D eigenvalue weighted by atomic mass is 10.1. The Morgan fingerprint density at radius 1 is 1.25 bits per heavy atom. The minimum Gasteiger partial charge on any atom is -0.378 e. The van der Waals surface area contributed by atoms with Crippen LogP contribution in [0.15, 0.2) is 34.0 Å². The molecule has 2 aromatic heterocycles. The van der Waals surface area contributed by atoms with E-state index in [1.54, 1.807) is 0 Å². The van der Waals surface area contributed by atoms with E-state index >= 15 is 0 Å². The number of hydrogen-bond donors (Lipinski definition) is 2. The summed E-state index contributed by atoms with van der Waals surface area (Å²) < 4.78 is 5.99. The van der Waals surface area contributed by atoms with Crippen molar-refractivity contribution in [3.8, 4) is 5.82 Å². The second-order valence-corrected chi connectivity index (χ2v) is 6.24. The van der Waals surface area contributed by atoms with Crippen LogP contribution in [0, 0.1) is 6.92 Å². The normalized spacial score (nSPS) is 11.6. The van der Waals surface area contributed by atoms with Gasteiger partial charge in [0.05, 0.1) is 11.4 Å². The smallest absolute Gasteiger partial charge is 0.293 e. The minimum absolute atomic E-state index is 0.0693. The van der Waals surface area contributed by atoms with Crippen LogP contribution in [0.5, 0.6) is 0 Å². The number of aromatic nitrogens is 5. The van der Waals surface area contributed by atoms with Gasteiger partial charge in [0.1, 0.15) is 0 Å². The van der Waals surface area contributed by atoms with E-state index < -0.39 is 5.91 Å². The van der Waals surface area contributed by atoms with E-state index in [2.05, 4.69) is 35.8 Å². The van der Waals surface area contributed by atoms with Gasteiger partial charge in [-0.3, -0.25) is 4.79 Å². The van der Waals surface area contributed by atoms with E-state index in [4.69, 9.17) is 5.73 Å². The van der Waals surface area contributed by atoms with E-state index in [1.165, 1.54) is 4.68 Å². The standard InChI is InChI=1S/C18H22N8O2/c1-4-6-14-15(21-25-26(14)17-16(19)23-28-24-17)18(27)22-20-13(5-2)12-9-7-11(3)8-10-12/h7-10H,4-6H2,1-3H3,(H2,19,23)(H,22,27)/b20-13-. The molecular weight excluding hydrogens is 360 g/mol. The molecule has 0 bridgehead atoms. The van der Waals surface area contributed by atoms with Gasteiger partial charge in [0.15, 0.2) is 5.69 Å². The predicted molar refractivity (Wildman–Crippen MR) is 103 cm³/mol. The van der Waals surface area contributed by atoms with Crippen LogP contribution in [0.3, 0.4) is 0 Å². The van der Waals surface area contributed by atoms with Gasteiger partial charge in [0.2, 0.25) is 11.6 Å². The van der Waals surface area contributed by atoms with Crippen molar-refractivity contribution in [3.05, 3.63) is 46.8 Å². The first kappa shape index (κ1) is 19.2. The summed E-state index contributed by atoms with van der Waals surface area (Å²) >= 11 is 0. The Kier molecular flexibility index (Phi) is 5.78. The molecule has 0 saturated heterocycles. The second-order valence-electron chi connectivity index (χ2n) is 6.24. The molecule has 3 N–H and O–H groups in total. The fraction of sp³-hybridized carbons (Fsp3) is 0.333. The molecule has 0 fully saturated rings. The van der Waals surface area contributed by atoms with Crippen molar-refractivity contribution in [2.45, 2.75) is 40.0 Å². The fourth-order valence-electron chi connectivity index (χ4n) is 2.71. The molecule has 28 heavy (non-hydrogen) atoms. The zero-order valence-electron chi connectivity index (χ0n) is 16.0. The van der Waals surface area contributed by atoms with Crippen LogP contribution >= 0.6 is 0 Å². The quantitative estimate of drug-likeness (QED) is 0.471.